The fraction of sp³-hybridized carbons (Fsp3) is 0.667. The highest BCUT2D eigenvalue weighted by molar-refractivity contribution is 5.27. The van der Waals surface area contributed by atoms with E-state index in [-0.39, 0.29) is 6.61 Å². The van der Waals surface area contributed by atoms with Crippen LogP contribution in [0.4, 0.5) is 0 Å². The molecule has 0 bridgehead atoms. The zero-order valence-electron chi connectivity index (χ0n) is 13.6. The highest BCUT2D eigenvalue weighted by Crippen LogP contribution is 2.16. The number of ether oxygens (including phenoxy) is 1. The van der Waals surface area contributed by atoms with Crippen molar-refractivity contribution in [3.05, 3.63) is 29.8 Å². The van der Waals surface area contributed by atoms with E-state index in [0.717, 1.165) is 31.6 Å². The van der Waals surface area contributed by atoms with Crippen LogP contribution in [0.5, 0.6) is 5.75 Å². The Morgan fingerprint density at radius 3 is 2.38 bits per heavy atom. The van der Waals surface area contributed by atoms with Crippen LogP contribution < -0.4 is 10.5 Å². The fourth-order valence-electron chi connectivity index (χ4n) is 2.16. The van der Waals surface area contributed by atoms with Gasteiger partial charge in [-0.1, -0.05) is 44.7 Å². The molecule has 0 aliphatic heterocycles. The lowest BCUT2D eigenvalue weighted by molar-refractivity contribution is 0.200. The van der Waals surface area contributed by atoms with Gasteiger partial charge in [0.2, 0.25) is 0 Å². The lowest BCUT2D eigenvalue weighted by Crippen LogP contribution is -2.40. The van der Waals surface area contributed by atoms with E-state index in [1.165, 1.54) is 31.2 Å². The van der Waals surface area contributed by atoms with Crippen molar-refractivity contribution < 1.29 is 9.84 Å². The highest BCUT2D eigenvalue weighted by Gasteiger charge is 2.16. The second kappa shape index (κ2) is 9.80. The molecule has 3 nitrogen and oxygen atoms in total. The van der Waals surface area contributed by atoms with Crippen LogP contribution in [0.2, 0.25) is 0 Å². The van der Waals surface area contributed by atoms with E-state index >= 15 is 0 Å². The van der Waals surface area contributed by atoms with Gasteiger partial charge in [-0.3, -0.25) is 0 Å². The number of rotatable bonds is 11. The second-order valence-electron chi connectivity index (χ2n) is 6.22. The molecule has 0 amide bonds. The van der Waals surface area contributed by atoms with Crippen LogP contribution >= 0.6 is 0 Å². The number of aliphatic hydroxyl groups excluding tert-OH is 1. The molecular formula is C18H31NO2. The van der Waals surface area contributed by atoms with Gasteiger partial charge in [-0.15, -0.1) is 0 Å². The Bertz CT molecular complexity index is 373. The lowest BCUT2D eigenvalue weighted by atomic mass is 9.95. The van der Waals surface area contributed by atoms with Crippen molar-refractivity contribution in [1.82, 2.24) is 0 Å². The number of benzene rings is 1. The molecule has 1 rings (SSSR count). The Balaban J connectivity index is 2.24. The van der Waals surface area contributed by atoms with Gasteiger partial charge in [0.15, 0.2) is 0 Å². The Labute approximate surface area is 129 Å². The van der Waals surface area contributed by atoms with Crippen molar-refractivity contribution in [3.63, 3.8) is 0 Å². The summed E-state index contributed by atoms with van der Waals surface area (Å²) in [5.74, 6) is 0.937. The first kappa shape index (κ1) is 18.0. The number of aliphatic hydroxyl groups is 1. The van der Waals surface area contributed by atoms with Crippen LogP contribution in [-0.2, 0) is 6.42 Å². The van der Waals surface area contributed by atoms with E-state index in [1.54, 1.807) is 0 Å². The smallest absolute Gasteiger partial charge is 0.119 e. The quantitative estimate of drug-likeness (QED) is 0.612. The molecule has 3 heteroatoms. The molecule has 0 heterocycles. The van der Waals surface area contributed by atoms with Crippen molar-refractivity contribution in [1.29, 1.82) is 0 Å². The van der Waals surface area contributed by atoms with Crippen molar-refractivity contribution in [2.75, 3.05) is 13.2 Å². The Morgan fingerprint density at radius 1 is 1.10 bits per heavy atom. The summed E-state index contributed by atoms with van der Waals surface area (Å²) in [4.78, 5) is 0. The van der Waals surface area contributed by atoms with Crippen molar-refractivity contribution in [3.8, 4) is 5.75 Å². The first-order valence-corrected chi connectivity index (χ1v) is 8.19. The molecule has 1 aromatic rings. The summed E-state index contributed by atoms with van der Waals surface area (Å²) in [6.07, 6.45) is 7.95. The summed E-state index contributed by atoms with van der Waals surface area (Å²) in [6.45, 7) is 4.93. The summed E-state index contributed by atoms with van der Waals surface area (Å²) in [6, 6.07) is 8.21. The number of unbranched alkanes of at least 4 members (excludes halogenated alkanes) is 4. The molecule has 0 spiro atoms. The van der Waals surface area contributed by atoms with Crippen molar-refractivity contribution in [2.45, 2.75) is 64.3 Å². The number of aryl methyl sites for hydroxylation is 1. The zero-order valence-corrected chi connectivity index (χ0v) is 13.6. The largest absolute Gasteiger partial charge is 0.494 e. The maximum Gasteiger partial charge on any atom is 0.119 e. The van der Waals surface area contributed by atoms with Crippen molar-refractivity contribution >= 4 is 0 Å². The molecular weight excluding hydrogens is 262 g/mol. The maximum absolute atomic E-state index is 9.15. The van der Waals surface area contributed by atoms with Crippen molar-refractivity contribution in [2.24, 2.45) is 5.73 Å². The molecule has 0 fully saturated rings. The molecule has 0 unspecified atom stereocenters. The van der Waals surface area contributed by atoms with E-state index in [1.807, 2.05) is 19.1 Å². The number of hydrogen-bond donors (Lipinski definition) is 2. The van der Waals surface area contributed by atoms with Gasteiger partial charge in [0.25, 0.3) is 0 Å². The van der Waals surface area contributed by atoms with Crippen LogP contribution in [-0.4, -0.2) is 23.9 Å². The molecule has 1 atom stereocenters. The molecule has 0 aliphatic rings. The predicted octanol–water partition coefficient (Wildman–Crippen LogP) is 3.68. The van der Waals surface area contributed by atoms with Crippen LogP contribution in [0, 0.1) is 0 Å². The topological polar surface area (TPSA) is 55.5 Å². The minimum atomic E-state index is -0.492. The second-order valence-corrected chi connectivity index (χ2v) is 6.22. The minimum Gasteiger partial charge on any atom is -0.494 e. The van der Waals surface area contributed by atoms with Crippen LogP contribution in [0.25, 0.3) is 0 Å². The van der Waals surface area contributed by atoms with Gasteiger partial charge in [0, 0.05) is 5.54 Å². The molecule has 1 aromatic carbocycles. The van der Waals surface area contributed by atoms with E-state index < -0.39 is 5.54 Å². The Hall–Kier alpha value is -1.06. The molecule has 120 valence electrons. The van der Waals surface area contributed by atoms with Gasteiger partial charge in [-0.25, -0.2) is 0 Å². The van der Waals surface area contributed by atoms with Gasteiger partial charge in [-0.2, -0.15) is 0 Å². The molecule has 0 radical (unpaired) electrons. The average molecular weight is 293 g/mol. The van der Waals surface area contributed by atoms with E-state index in [4.69, 9.17) is 15.6 Å². The van der Waals surface area contributed by atoms with Gasteiger partial charge >= 0.3 is 0 Å². The third-order valence-electron chi connectivity index (χ3n) is 3.79. The van der Waals surface area contributed by atoms with Crippen LogP contribution in [0.1, 0.15) is 57.9 Å². The lowest BCUT2D eigenvalue weighted by Gasteiger charge is -2.21. The first-order valence-electron chi connectivity index (χ1n) is 8.19. The summed E-state index contributed by atoms with van der Waals surface area (Å²) in [5.41, 5.74) is 6.67. The zero-order chi connectivity index (χ0) is 15.6. The molecule has 21 heavy (non-hydrogen) atoms. The number of nitrogens with two attached hydrogens (primary N) is 1. The monoisotopic (exact) mass is 293 g/mol. The normalized spacial score (nSPS) is 13.9. The van der Waals surface area contributed by atoms with Gasteiger partial charge in [0.1, 0.15) is 5.75 Å². The third kappa shape index (κ3) is 8.08. The fourth-order valence-corrected chi connectivity index (χ4v) is 2.16. The summed E-state index contributed by atoms with van der Waals surface area (Å²) >= 11 is 0. The highest BCUT2D eigenvalue weighted by atomic mass is 16.5. The molecule has 0 aliphatic carbocycles. The summed E-state index contributed by atoms with van der Waals surface area (Å²) in [5, 5.41) is 9.15. The third-order valence-corrected chi connectivity index (χ3v) is 3.79. The van der Waals surface area contributed by atoms with Gasteiger partial charge in [0.05, 0.1) is 13.2 Å². The van der Waals surface area contributed by atoms with Gasteiger partial charge < -0.3 is 15.6 Å². The standard InChI is InChI=1S/C18H31NO2/c1-3-4-5-6-7-14-21-17-10-8-16(9-11-17)12-13-18(2,19)15-20/h8-11,20H,3-7,12-15,19H2,1-2H3/t18-/m1/s1. The van der Waals surface area contributed by atoms with E-state index in [2.05, 4.69) is 19.1 Å². The maximum atomic E-state index is 9.15. The molecule has 3 N–H and O–H groups in total. The molecule has 0 aromatic heterocycles. The minimum absolute atomic E-state index is 0.0201. The van der Waals surface area contributed by atoms with Crippen LogP contribution in [0.15, 0.2) is 24.3 Å². The average Bonchev–Trinajstić information content (AvgIpc) is 2.50. The van der Waals surface area contributed by atoms with Crippen LogP contribution in [0.3, 0.4) is 0 Å². The first-order chi connectivity index (χ1) is 10.1. The van der Waals surface area contributed by atoms with Gasteiger partial charge in [-0.05, 0) is 43.9 Å². The Kier molecular flexibility index (Phi) is 8.40. The Morgan fingerprint density at radius 2 is 1.76 bits per heavy atom. The SMILES string of the molecule is CCCCCCCOc1ccc(CC[C@@](C)(N)CO)cc1. The molecule has 0 saturated heterocycles. The summed E-state index contributed by atoms with van der Waals surface area (Å²) in [7, 11) is 0. The van der Waals surface area contributed by atoms with E-state index in [0.29, 0.717) is 0 Å². The number of hydrogen-bond acceptors (Lipinski definition) is 3. The van der Waals surface area contributed by atoms with E-state index in [9.17, 15) is 0 Å². The molecule has 0 saturated carbocycles. The summed E-state index contributed by atoms with van der Waals surface area (Å²) < 4.78 is 5.74. The predicted molar refractivity (Wildman–Crippen MR) is 88.7 cm³/mol.